The lowest BCUT2D eigenvalue weighted by atomic mass is 10.2. The lowest BCUT2D eigenvalue weighted by Crippen LogP contribution is -2.25. The summed E-state index contributed by atoms with van der Waals surface area (Å²) in [4.78, 5) is 18.8. The van der Waals surface area contributed by atoms with Crippen LogP contribution >= 0.6 is 0 Å². The Hall–Kier alpha value is -2.38. The third-order valence-corrected chi connectivity index (χ3v) is 2.75. The predicted molar refractivity (Wildman–Crippen MR) is 68.4 cm³/mol. The molecule has 0 aliphatic carbocycles. The molecule has 0 spiro atoms. The van der Waals surface area contributed by atoms with E-state index in [1.807, 2.05) is 10.8 Å². The predicted octanol–water partition coefficient (Wildman–Crippen LogP) is 2.12. The van der Waals surface area contributed by atoms with Gasteiger partial charge in [-0.25, -0.2) is 4.98 Å². The highest BCUT2D eigenvalue weighted by Gasteiger charge is 2.32. The molecule has 0 radical (unpaired) electrons. The summed E-state index contributed by atoms with van der Waals surface area (Å²) in [6.07, 6.45) is 2.25. The Bertz CT molecular complexity index is 578. The Morgan fingerprint density at radius 2 is 2.14 bits per heavy atom. The minimum absolute atomic E-state index is 0.102. The number of aromatic nitrogens is 3. The SMILES string of the molecule is O=C(NCCCn1ccnc1)c1ccc(C(F)(F)F)nc1. The molecule has 0 saturated heterocycles. The summed E-state index contributed by atoms with van der Waals surface area (Å²) in [5.41, 5.74) is -0.912. The van der Waals surface area contributed by atoms with Crippen molar-refractivity contribution in [3.8, 4) is 0 Å². The first kappa shape index (κ1) is 15.0. The number of pyridine rings is 1. The number of aryl methyl sites for hydroxylation is 1. The van der Waals surface area contributed by atoms with Crippen LogP contribution in [0.15, 0.2) is 37.1 Å². The second kappa shape index (κ2) is 6.38. The number of amides is 1. The van der Waals surface area contributed by atoms with Crippen LogP contribution in [0, 0.1) is 0 Å². The van der Waals surface area contributed by atoms with Crippen LogP contribution < -0.4 is 5.32 Å². The van der Waals surface area contributed by atoms with Gasteiger partial charge in [-0.15, -0.1) is 0 Å². The van der Waals surface area contributed by atoms with Gasteiger partial charge in [0.25, 0.3) is 5.91 Å². The smallest absolute Gasteiger partial charge is 0.352 e. The zero-order valence-corrected chi connectivity index (χ0v) is 11.0. The van der Waals surface area contributed by atoms with Crippen molar-refractivity contribution >= 4 is 5.91 Å². The van der Waals surface area contributed by atoms with Gasteiger partial charge in [0.05, 0.1) is 11.9 Å². The van der Waals surface area contributed by atoms with Crippen LogP contribution in [0.5, 0.6) is 0 Å². The maximum Gasteiger partial charge on any atom is 0.433 e. The molecule has 0 aliphatic rings. The number of carbonyl (C=O) groups excluding carboxylic acids is 1. The van der Waals surface area contributed by atoms with Crippen LogP contribution in [-0.4, -0.2) is 27.0 Å². The van der Waals surface area contributed by atoms with E-state index in [1.54, 1.807) is 12.5 Å². The van der Waals surface area contributed by atoms with Crippen molar-refractivity contribution in [3.63, 3.8) is 0 Å². The molecule has 0 aliphatic heterocycles. The van der Waals surface area contributed by atoms with E-state index in [-0.39, 0.29) is 5.56 Å². The number of hydrogen-bond acceptors (Lipinski definition) is 3. The van der Waals surface area contributed by atoms with Crippen molar-refractivity contribution in [2.75, 3.05) is 6.54 Å². The molecule has 2 aromatic rings. The second-order valence-corrected chi connectivity index (χ2v) is 4.34. The van der Waals surface area contributed by atoms with Gasteiger partial charge in [-0.3, -0.25) is 9.78 Å². The molecule has 1 amide bonds. The molecule has 1 N–H and O–H groups in total. The van der Waals surface area contributed by atoms with Gasteiger partial charge in [-0.1, -0.05) is 0 Å². The van der Waals surface area contributed by atoms with E-state index in [2.05, 4.69) is 15.3 Å². The maximum absolute atomic E-state index is 12.3. The average molecular weight is 298 g/mol. The number of carbonyl (C=O) groups is 1. The van der Waals surface area contributed by atoms with Crippen LogP contribution in [0.25, 0.3) is 0 Å². The highest BCUT2D eigenvalue weighted by molar-refractivity contribution is 5.93. The van der Waals surface area contributed by atoms with Gasteiger partial charge in [0.15, 0.2) is 0 Å². The van der Waals surface area contributed by atoms with Gasteiger partial charge >= 0.3 is 6.18 Å². The van der Waals surface area contributed by atoms with E-state index in [4.69, 9.17) is 0 Å². The first-order valence-electron chi connectivity index (χ1n) is 6.24. The fourth-order valence-corrected chi connectivity index (χ4v) is 1.68. The van der Waals surface area contributed by atoms with E-state index in [0.717, 1.165) is 18.3 Å². The first-order chi connectivity index (χ1) is 9.97. The summed E-state index contributed by atoms with van der Waals surface area (Å²) in [6, 6.07) is 1.90. The molecule has 0 bridgehead atoms. The first-order valence-corrected chi connectivity index (χ1v) is 6.24. The Balaban J connectivity index is 1.80. The number of alkyl halides is 3. The van der Waals surface area contributed by atoms with Crippen LogP contribution in [0.4, 0.5) is 13.2 Å². The fraction of sp³-hybridized carbons (Fsp3) is 0.308. The number of rotatable bonds is 5. The molecule has 0 fully saturated rings. The summed E-state index contributed by atoms with van der Waals surface area (Å²) in [5.74, 6) is -0.443. The summed E-state index contributed by atoms with van der Waals surface area (Å²) < 4.78 is 38.9. The number of imidazole rings is 1. The summed E-state index contributed by atoms with van der Waals surface area (Å²) in [5, 5.41) is 2.63. The molecule has 21 heavy (non-hydrogen) atoms. The Kier molecular flexibility index (Phi) is 4.56. The molecule has 2 heterocycles. The van der Waals surface area contributed by atoms with E-state index >= 15 is 0 Å². The monoisotopic (exact) mass is 298 g/mol. The fourth-order valence-electron chi connectivity index (χ4n) is 1.68. The highest BCUT2D eigenvalue weighted by atomic mass is 19.4. The zero-order chi connectivity index (χ0) is 15.3. The van der Waals surface area contributed by atoms with Crippen LogP contribution in [0.1, 0.15) is 22.5 Å². The lowest BCUT2D eigenvalue weighted by molar-refractivity contribution is -0.141. The number of nitrogens with one attached hydrogen (secondary N) is 1. The molecular formula is C13H13F3N4O. The van der Waals surface area contributed by atoms with Crippen molar-refractivity contribution in [2.24, 2.45) is 0 Å². The maximum atomic E-state index is 12.3. The van der Waals surface area contributed by atoms with Crippen molar-refractivity contribution in [1.29, 1.82) is 0 Å². The molecular weight excluding hydrogens is 285 g/mol. The molecule has 0 atom stereocenters. The van der Waals surface area contributed by atoms with Crippen LogP contribution in [0.3, 0.4) is 0 Å². The standard InChI is InChI=1S/C13H13F3N4O/c14-13(15,16)11-3-2-10(8-19-11)12(21)18-4-1-6-20-7-5-17-9-20/h2-3,5,7-9H,1,4,6H2,(H,18,21). The summed E-state index contributed by atoms with van der Waals surface area (Å²) in [7, 11) is 0. The highest BCUT2D eigenvalue weighted by Crippen LogP contribution is 2.27. The van der Waals surface area contributed by atoms with Gasteiger partial charge in [-0.2, -0.15) is 13.2 Å². The quantitative estimate of drug-likeness (QED) is 0.860. The molecule has 112 valence electrons. The Morgan fingerprint density at radius 3 is 2.71 bits per heavy atom. The van der Waals surface area contributed by atoms with Gasteiger partial charge in [-0.05, 0) is 18.6 Å². The Labute approximate surface area is 118 Å². The van der Waals surface area contributed by atoms with E-state index in [1.165, 1.54) is 0 Å². The summed E-state index contributed by atoms with van der Waals surface area (Å²) >= 11 is 0. The zero-order valence-electron chi connectivity index (χ0n) is 11.0. The van der Waals surface area contributed by atoms with Crippen LogP contribution in [-0.2, 0) is 12.7 Å². The topological polar surface area (TPSA) is 59.8 Å². The largest absolute Gasteiger partial charge is 0.433 e. The lowest BCUT2D eigenvalue weighted by Gasteiger charge is -2.07. The van der Waals surface area contributed by atoms with Gasteiger partial charge in [0.1, 0.15) is 5.69 Å². The number of halogens is 3. The van der Waals surface area contributed by atoms with Gasteiger partial charge in [0.2, 0.25) is 0 Å². The third-order valence-electron chi connectivity index (χ3n) is 2.75. The van der Waals surface area contributed by atoms with E-state index in [9.17, 15) is 18.0 Å². The molecule has 2 aromatic heterocycles. The molecule has 0 unspecified atom stereocenters. The van der Waals surface area contributed by atoms with Crippen molar-refractivity contribution in [3.05, 3.63) is 48.3 Å². The molecule has 0 aromatic carbocycles. The minimum atomic E-state index is -4.50. The number of nitrogens with zero attached hydrogens (tertiary/aromatic N) is 3. The third kappa shape index (κ3) is 4.30. The Morgan fingerprint density at radius 1 is 1.33 bits per heavy atom. The van der Waals surface area contributed by atoms with E-state index in [0.29, 0.717) is 19.5 Å². The van der Waals surface area contributed by atoms with Gasteiger partial charge < -0.3 is 9.88 Å². The minimum Gasteiger partial charge on any atom is -0.352 e. The van der Waals surface area contributed by atoms with Crippen molar-refractivity contribution in [2.45, 2.75) is 19.1 Å². The molecule has 2 rings (SSSR count). The molecule has 0 saturated carbocycles. The van der Waals surface area contributed by atoms with Gasteiger partial charge in [0, 0.05) is 31.7 Å². The van der Waals surface area contributed by atoms with Crippen molar-refractivity contribution < 1.29 is 18.0 Å². The number of hydrogen-bond donors (Lipinski definition) is 1. The van der Waals surface area contributed by atoms with Crippen LogP contribution in [0.2, 0.25) is 0 Å². The normalized spacial score (nSPS) is 11.4. The van der Waals surface area contributed by atoms with Crippen molar-refractivity contribution in [1.82, 2.24) is 19.9 Å². The molecule has 8 heteroatoms. The second-order valence-electron chi connectivity index (χ2n) is 4.34. The molecule has 5 nitrogen and oxygen atoms in total. The summed E-state index contributed by atoms with van der Waals surface area (Å²) in [6.45, 7) is 1.11. The average Bonchev–Trinajstić information content (AvgIpc) is 2.96. The van der Waals surface area contributed by atoms with E-state index < -0.39 is 17.8 Å².